The van der Waals surface area contributed by atoms with Crippen LogP contribution in [0.15, 0.2) is 30.3 Å². The summed E-state index contributed by atoms with van der Waals surface area (Å²) in [6.07, 6.45) is 3.02. The van der Waals surface area contributed by atoms with Gasteiger partial charge in [-0.3, -0.25) is 9.59 Å². The van der Waals surface area contributed by atoms with Crippen molar-refractivity contribution in [2.45, 2.75) is 25.3 Å². The van der Waals surface area contributed by atoms with E-state index in [0.29, 0.717) is 18.2 Å². The fourth-order valence-electron chi connectivity index (χ4n) is 4.02. The summed E-state index contributed by atoms with van der Waals surface area (Å²) in [5.41, 5.74) is 1.40. The summed E-state index contributed by atoms with van der Waals surface area (Å²) in [5.74, 6) is 0.196. The number of aromatic amines is 1. The number of H-pyrrole nitrogens is 1. The number of carbonyl (C=O) groups excluding carboxylic acids is 2. The Kier molecular flexibility index (Phi) is 4.44. The molecule has 0 aliphatic carbocycles. The summed E-state index contributed by atoms with van der Waals surface area (Å²) in [4.78, 5) is 30.0. The van der Waals surface area contributed by atoms with Gasteiger partial charge in [0.15, 0.2) is 0 Å². The highest BCUT2D eigenvalue weighted by atomic mass is 16.5. The third kappa shape index (κ3) is 3.26. The van der Waals surface area contributed by atoms with Crippen molar-refractivity contribution >= 4 is 22.7 Å². The molecule has 2 atom stereocenters. The van der Waals surface area contributed by atoms with E-state index in [1.165, 1.54) is 0 Å². The molecule has 0 radical (unpaired) electrons. The van der Waals surface area contributed by atoms with E-state index in [-0.39, 0.29) is 24.4 Å². The number of benzene rings is 1. The zero-order valence-corrected chi connectivity index (χ0v) is 14.2. The summed E-state index contributed by atoms with van der Waals surface area (Å²) in [6, 6.07) is 9.81. The van der Waals surface area contributed by atoms with Crippen LogP contribution in [0.1, 0.15) is 29.8 Å². The second-order valence-corrected chi connectivity index (χ2v) is 6.87. The van der Waals surface area contributed by atoms with Gasteiger partial charge in [-0.2, -0.15) is 0 Å². The Morgan fingerprint density at radius 1 is 1.28 bits per heavy atom. The number of fused-ring (bicyclic) bond motifs is 2. The molecule has 2 N–H and O–H groups in total. The van der Waals surface area contributed by atoms with Crippen molar-refractivity contribution in [1.29, 1.82) is 0 Å². The van der Waals surface area contributed by atoms with Crippen LogP contribution in [0, 0.1) is 5.92 Å². The van der Waals surface area contributed by atoms with Gasteiger partial charge in [-0.1, -0.05) is 18.2 Å². The van der Waals surface area contributed by atoms with Crippen molar-refractivity contribution in [2.75, 3.05) is 26.3 Å². The van der Waals surface area contributed by atoms with E-state index in [0.717, 1.165) is 43.3 Å². The van der Waals surface area contributed by atoms with Gasteiger partial charge in [-0.05, 0) is 31.4 Å². The van der Waals surface area contributed by atoms with E-state index in [2.05, 4.69) is 10.3 Å². The number of aromatic nitrogens is 1. The molecule has 4 rings (SSSR count). The molecule has 6 nitrogen and oxygen atoms in total. The van der Waals surface area contributed by atoms with Crippen LogP contribution in [-0.4, -0.2) is 54.0 Å². The van der Waals surface area contributed by atoms with Crippen molar-refractivity contribution in [1.82, 2.24) is 15.2 Å². The number of carbonyl (C=O) groups is 2. The van der Waals surface area contributed by atoms with E-state index in [1.807, 2.05) is 35.2 Å². The van der Waals surface area contributed by atoms with Crippen LogP contribution in [0.4, 0.5) is 0 Å². The standard InChI is InChI=1S/C19H23N3O3/c23-18(22-8-3-5-14-12-25-9-7-17(14)22)11-20-19(24)16-10-13-4-1-2-6-15(13)21-16/h1-2,4,6,10,14,17,21H,3,5,7-9,11-12H2,(H,20,24)/t14-,17+/m0/s1. The highest BCUT2D eigenvalue weighted by Crippen LogP contribution is 2.29. The number of ether oxygens (including phenoxy) is 1. The van der Waals surface area contributed by atoms with Crippen LogP contribution >= 0.6 is 0 Å². The van der Waals surface area contributed by atoms with E-state index in [1.54, 1.807) is 0 Å². The van der Waals surface area contributed by atoms with Gasteiger partial charge in [-0.15, -0.1) is 0 Å². The molecule has 6 heteroatoms. The second kappa shape index (κ2) is 6.88. The zero-order valence-electron chi connectivity index (χ0n) is 14.2. The molecule has 2 aliphatic rings. The molecule has 3 heterocycles. The Balaban J connectivity index is 1.38. The molecule has 2 aliphatic heterocycles. The lowest BCUT2D eigenvalue weighted by Crippen LogP contribution is -2.54. The van der Waals surface area contributed by atoms with Crippen molar-refractivity contribution in [3.05, 3.63) is 36.0 Å². The first kappa shape index (κ1) is 16.1. The fraction of sp³-hybridized carbons (Fsp3) is 0.474. The average molecular weight is 341 g/mol. The second-order valence-electron chi connectivity index (χ2n) is 6.87. The highest BCUT2D eigenvalue weighted by Gasteiger charge is 2.36. The summed E-state index contributed by atoms with van der Waals surface area (Å²) >= 11 is 0. The molecule has 2 amide bonds. The number of para-hydroxylation sites is 1. The normalized spacial score (nSPS) is 23.3. The molecule has 1 aromatic carbocycles. The van der Waals surface area contributed by atoms with Gasteiger partial charge >= 0.3 is 0 Å². The Hall–Kier alpha value is -2.34. The van der Waals surface area contributed by atoms with Crippen molar-refractivity contribution < 1.29 is 14.3 Å². The number of hydrogen-bond donors (Lipinski definition) is 2. The maximum absolute atomic E-state index is 12.6. The number of amides is 2. The van der Waals surface area contributed by atoms with Gasteiger partial charge in [0.2, 0.25) is 5.91 Å². The average Bonchev–Trinajstić information content (AvgIpc) is 3.09. The minimum absolute atomic E-state index is 0.000983. The molecule has 25 heavy (non-hydrogen) atoms. The highest BCUT2D eigenvalue weighted by molar-refractivity contribution is 5.99. The fourth-order valence-corrected chi connectivity index (χ4v) is 4.02. The quantitative estimate of drug-likeness (QED) is 0.896. The Morgan fingerprint density at radius 2 is 2.16 bits per heavy atom. The third-order valence-electron chi connectivity index (χ3n) is 5.30. The number of rotatable bonds is 3. The zero-order chi connectivity index (χ0) is 17.2. The van der Waals surface area contributed by atoms with E-state index in [9.17, 15) is 9.59 Å². The van der Waals surface area contributed by atoms with Crippen molar-refractivity contribution in [3.63, 3.8) is 0 Å². The van der Waals surface area contributed by atoms with Gasteiger partial charge in [0.05, 0.1) is 13.2 Å². The third-order valence-corrected chi connectivity index (χ3v) is 5.30. The van der Waals surface area contributed by atoms with Crippen molar-refractivity contribution in [3.8, 4) is 0 Å². The van der Waals surface area contributed by atoms with Gasteiger partial charge in [0.25, 0.3) is 5.91 Å². The molecule has 0 unspecified atom stereocenters. The largest absolute Gasteiger partial charge is 0.381 e. The molecular weight excluding hydrogens is 318 g/mol. The van der Waals surface area contributed by atoms with Crippen LogP contribution in [0.5, 0.6) is 0 Å². The molecule has 2 saturated heterocycles. The Bertz CT molecular complexity index is 750. The number of likely N-dealkylation sites (tertiary alicyclic amines) is 1. The SMILES string of the molecule is O=C(NCC(=O)N1CCC[C@H]2COCC[C@H]21)c1cc2ccccc2[nH]1. The van der Waals surface area contributed by atoms with E-state index < -0.39 is 0 Å². The predicted octanol–water partition coefficient (Wildman–Crippen LogP) is 1.93. The van der Waals surface area contributed by atoms with Crippen LogP contribution in [-0.2, 0) is 9.53 Å². The Labute approximate surface area is 146 Å². The van der Waals surface area contributed by atoms with Crippen LogP contribution in [0.2, 0.25) is 0 Å². The number of nitrogens with one attached hydrogen (secondary N) is 2. The number of hydrogen-bond acceptors (Lipinski definition) is 3. The lowest BCUT2D eigenvalue weighted by Gasteiger charge is -2.43. The molecule has 0 spiro atoms. The van der Waals surface area contributed by atoms with Gasteiger partial charge < -0.3 is 19.9 Å². The van der Waals surface area contributed by atoms with Crippen molar-refractivity contribution in [2.24, 2.45) is 5.92 Å². The van der Waals surface area contributed by atoms with E-state index >= 15 is 0 Å². The first-order valence-corrected chi connectivity index (χ1v) is 8.95. The maximum Gasteiger partial charge on any atom is 0.268 e. The first-order valence-electron chi connectivity index (χ1n) is 8.95. The molecule has 132 valence electrons. The Morgan fingerprint density at radius 3 is 3.04 bits per heavy atom. The minimum Gasteiger partial charge on any atom is -0.381 e. The molecule has 0 bridgehead atoms. The summed E-state index contributed by atoms with van der Waals surface area (Å²) in [5, 5.41) is 3.75. The van der Waals surface area contributed by atoms with Gasteiger partial charge in [0.1, 0.15) is 5.69 Å². The minimum atomic E-state index is -0.245. The van der Waals surface area contributed by atoms with Gasteiger partial charge in [0, 0.05) is 36.0 Å². The lowest BCUT2D eigenvalue weighted by atomic mass is 9.86. The van der Waals surface area contributed by atoms with Crippen LogP contribution in [0.3, 0.4) is 0 Å². The summed E-state index contributed by atoms with van der Waals surface area (Å²) < 4.78 is 5.54. The smallest absolute Gasteiger partial charge is 0.268 e. The molecule has 0 saturated carbocycles. The van der Waals surface area contributed by atoms with Crippen LogP contribution < -0.4 is 5.32 Å². The monoisotopic (exact) mass is 341 g/mol. The predicted molar refractivity (Wildman–Crippen MR) is 94.3 cm³/mol. The van der Waals surface area contributed by atoms with Gasteiger partial charge in [-0.25, -0.2) is 0 Å². The molecule has 2 fully saturated rings. The summed E-state index contributed by atoms with van der Waals surface area (Å²) in [7, 11) is 0. The number of nitrogens with zero attached hydrogens (tertiary/aromatic N) is 1. The lowest BCUT2D eigenvalue weighted by molar-refractivity contribution is -0.139. The van der Waals surface area contributed by atoms with E-state index in [4.69, 9.17) is 4.74 Å². The number of piperidine rings is 1. The molecule has 1 aromatic heterocycles. The maximum atomic E-state index is 12.6. The summed E-state index contributed by atoms with van der Waals surface area (Å²) in [6.45, 7) is 2.28. The van der Waals surface area contributed by atoms with Crippen LogP contribution in [0.25, 0.3) is 10.9 Å². The topological polar surface area (TPSA) is 74.4 Å². The molecular formula is C19H23N3O3. The molecule has 2 aromatic rings. The first-order chi connectivity index (χ1) is 12.2.